The molecule has 0 bridgehead atoms. The topological polar surface area (TPSA) is 43.4 Å². The number of aryl methyl sites for hydroxylation is 1. The molecule has 0 unspecified atom stereocenters. The molecule has 0 radical (unpaired) electrons. The molecule has 4 nitrogen and oxygen atoms in total. The third-order valence-electron chi connectivity index (χ3n) is 4.50. The predicted octanol–water partition coefficient (Wildman–Crippen LogP) is 5.17. The van der Waals surface area contributed by atoms with Crippen LogP contribution in [-0.2, 0) is 0 Å². The second-order valence-corrected chi connectivity index (χ2v) is 6.22. The first-order chi connectivity index (χ1) is 12.3. The van der Waals surface area contributed by atoms with Crippen molar-refractivity contribution in [3.05, 3.63) is 66.2 Å². The highest BCUT2D eigenvalue weighted by molar-refractivity contribution is 6.09. The van der Waals surface area contributed by atoms with Crippen LogP contribution >= 0.6 is 0 Å². The van der Waals surface area contributed by atoms with Crippen molar-refractivity contribution in [2.75, 3.05) is 12.1 Å². The fourth-order valence-corrected chi connectivity index (χ4v) is 3.20. The molecule has 0 fully saturated rings. The number of anilines is 2. The summed E-state index contributed by atoms with van der Waals surface area (Å²) >= 11 is 0. The van der Waals surface area contributed by atoms with Crippen molar-refractivity contribution >= 4 is 33.2 Å². The maximum absolute atomic E-state index is 5.56. The van der Waals surface area contributed by atoms with Gasteiger partial charge in [0, 0.05) is 22.5 Å². The molecule has 2 heterocycles. The first-order valence-corrected chi connectivity index (χ1v) is 8.24. The van der Waals surface area contributed by atoms with Crippen LogP contribution in [0.5, 0.6) is 11.5 Å². The molecule has 0 aliphatic carbocycles. The maximum atomic E-state index is 5.56. The van der Waals surface area contributed by atoms with E-state index in [0.717, 1.165) is 44.7 Å². The number of aromatic nitrogens is 1. The average Bonchev–Trinajstić information content (AvgIpc) is 3.09. The van der Waals surface area contributed by atoms with Crippen molar-refractivity contribution < 1.29 is 9.47 Å². The predicted molar refractivity (Wildman–Crippen MR) is 99.8 cm³/mol. The Morgan fingerprint density at radius 2 is 1.60 bits per heavy atom. The van der Waals surface area contributed by atoms with Gasteiger partial charge in [-0.15, -0.1) is 0 Å². The Bertz CT molecular complexity index is 1100. The molecule has 122 valence electrons. The Balaban J connectivity index is 1.78. The minimum atomic E-state index is 0.256. The van der Waals surface area contributed by atoms with Crippen molar-refractivity contribution in [2.45, 2.75) is 6.92 Å². The lowest BCUT2D eigenvalue weighted by Crippen LogP contribution is -1.95. The zero-order chi connectivity index (χ0) is 16.8. The lowest BCUT2D eigenvalue weighted by Gasteiger charge is -2.14. The van der Waals surface area contributed by atoms with Gasteiger partial charge in [-0.2, -0.15) is 0 Å². The van der Waals surface area contributed by atoms with Gasteiger partial charge in [-0.3, -0.25) is 0 Å². The van der Waals surface area contributed by atoms with Gasteiger partial charge in [0.05, 0.1) is 16.7 Å². The summed E-state index contributed by atoms with van der Waals surface area (Å²) < 4.78 is 11.1. The standard InChI is InChI=1S/C21H16N2O2/c1-13-6-8-14(9-7-13)22-21-15-4-2-3-5-17(15)23-18-11-20-19(10-16(18)21)24-12-25-20/h2-11H,12H2,1H3,(H,22,23). The Kier molecular flexibility index (Phi) is 3.04. The molecular formula is C21H16N2O2. The third-order valence-corrected chi connectivity index (χ3v) is 4.50. The van der Waals surface area contributed by atoms with Gasteiger partial charge in [0.25, 0.3) is 0 Å². The molecule has 1 aliphatic rings. The van der Waals surface area contributed by atoms with Crippen molar-refractivity contribution in [3.63, 3.8) is 0 Å². The van der Waals surface area contributed by atoms with E-state index >= 15 is 0 Å². The summed E-state index contributed by atoms with van der Waals surface area (Å²) in [4.78, 5) is 4.80. The third kappa shape index (κ3) is 2.34. The van der Waals surface area contributed by atoms with Crippen LogP contribution in [-0.4, -0.2) is 11.8 Å². The number of rotatable bonds is 2. The summed E-state index contributed by atoms with van der Waals surface area (Å²) in [6.45, 7) is 2.34. The number of ether oxygens (including phenoxy) is 2. The van der Waals surface area contributed by atoms with Gasteiger partial charge in [0.1, 0.15) is 0 Å². The van der Waals surface area contributed by atoms with Crippen LogP contribution in [0.15, 0.2) is 60.7 Å². The van der Waals surface area contributed by atoms with E-state index in [2.05, 4.69) is 42.6 Å². The molecule has 0 saturated heterocycles. The molecule has 25 heavy (non-hydrogen) atoms. The highest BCUT2D eigenvalue weighted by atomic mass is 16.7. The van der Waals surface area contributed by atoms with E-state index < -0.39 is 0 Å². The number of para-hydroxylation sites is 1. The lowest BCUT2D eigenvalue weighted by molar-refractivity contribution is 0.174. The van der Waals surface area contributed by atoms with Gasteiger partial charge < -0.3 is 14.8 Å². The first-order valence-electron chi connectivity index (χ1n) is 8.24. The number of nitrogens with zero attached hydrogens (tertiary/aromatic N) is 1. The van der Waals surface area contributed by atoms with Crippen LogP contribution in [0.1, 0.15) is 5.56 Å². The Labute approximate surface area is 145 Å². The van der Waals surface area contributed by atoms with E-state index in [4.69, 9.17) is 14.5 Å². The molecule has 0 saturated carbocycles. The first kappa shape index (κ1) is 14.1. The minimum absolute atomic E-state index is 0.256. The molecule has 5 rings (SSSR count). The fourth-order valence-electron chi connectivity index (χ4n) is 3.20. The number of fused-ring (bicyclic) bond motifs is 3. The summed E-state index contributed by atoms with van der Waals surface area (Å²) in [7, 11) is 0. The Morgan fingerprint density at radius 3 is 2.44 bits per heavy atom. The van der Waals surface area contributed by atoms with E-state index in [1.165, 1.54) is 5.56 Å². The summed E-state index contributed by atoms with van der Waals surface area (Å²) in [5.74, 6) is 1.51. The summed E-state index contributed by atoms with van der Waals surface area (Å²) in [5, 5.41) is 5.67. The summed E-state index contributed by atoms with van der Waals surface area (Å²) in [6.07, 6.45) is 0. The minimum Gasteiger partial charge on any atom is -0.454 e. The smallest absolute Gasteiger partial charge is 0.231 e. The second kappa shape index (κ2) is 5.38. The average molecular weight is 328 g/mol. The monoisotopic (exact) mass is 328 g/mol. The van der Waals surface area contributed by atoms with Crippen molar-refractivity contribution in [2.24, 2.45) is 0 Å². The zero-order valence-electron chi connectivity index (χ0n) is 13.7. The molecule has 4 aromatic rings. The van der Waals surface area contributed by atoms with Crippen molar-refractivity contribution in [1.82, 2.24) is 4.98 Å². The fraction of sp³-hybridized carbons (Fsp3) is 0.0952. The molecule has 0 amide bonds. The molecule has 1 aromatic heterocycles. The van der Waals surface area contributed by atoms with Gasteiger partial charge >= 0.3 is 0 Å². The second-order valence-electron chi connectivity index (χ2n) is 6.22. The van der Waals surface area contributed by atoms with Crippen LogP contribution in [0.25, 0.3) is 21.8 Å². The van der Waals surface area contributed by atoms with Gasteiger partial charge in [-0.1, -0.05) is 35.9 Å². The maximum Gasteiger partial charge on any atom is 0.231 e. The van der Waals surface area contributed by atoms with E-state index in [0.29, 0.717) is 0 Å². The normalized spacial score (nSPS) is 12.7. The van der Waals surface area contributed by atoms with Crippen LogP contribution in [0.2, 0.25) is 0 Å². The number of benzene rings is 3. The van der Waals surface area contributed by atoms with Gasteiger partial charge in [0.2, 0.25) is 6.79 Å². The van der Waals surface area contributed by atoms with Crippen LogP contribution in [0.3, 0.4) is 0 Å². The van der Waals surface area contributed by atoms with E-state index in [1.54, 1.807) is 0 Å². The largest absolute Gasteiger partial charge is 0.454 e. The van der Waals surface area contributed by atoms with Gasteiger partial charge in [-0.25, -0.2) is 4.98 Å². The van der Waals surface area contributed by atoms with Crippen LogP contribution in [0.4, 0.5) is 11.4 Å². The number of pyridine rings is 1. The Morgan fingerprint density at radius 1 is 0.840 bits per heavy atom. The SMILES string of the molecule is Cc1ccc(Nc2c3ccccc3nc3cc4c(cc23)OCO4)cc1. The molecular weight excluding hydrogens is 312 g/mol. The van der Waals surface area contributed by atoms with Crippen molar-refractivity contribution in [3.8, 4) is 11.5 Å². The lowest BCUT2D eigenvalue weighted by atomic mass is 10.1. The quantitative estimate of drug-likeness (QED) is 0.516. The number of nitrogens with one attached hydrogen (secondary N) is 1. The number of hydrogen-bond acceptors (Lipinski definition) is 4. The number of hydrogen-bond donors (Lipinski definition) is 1. The van der Waals surface area contributed by atoms with E-state index in [1.807, 2.05) is 30.3 Å². The summed E-state index contributed by atoms with van der Waals surface area (Å²) in [5.41, 5.74) is 5.14. The van der Waals surface area contributed by atoms with E-state index in [9.17, 15) is 0 Å². The summed E-state index contributed by atoms with van der Waals surface area (Å²) in [6, 6.07) is 20.5. The molecule has 4 heteroatoms. The Hall–Kier alpha value is -3.27. The highest BCUT2D eigenvalue weighted by Gasteiger charge is 2.18. The highest BCUT2D eigenvalue weighted by Crippen LogP contribution is 2.41. The van der Waals surface area contributed by atoms with Gasteiger partial charge in [-0.05, 0) is 31.2 Å². The van der Waals surface area contributed by atoms with Crippen LogP contribution < -0.4 is 14.8 Å². The van der Waals surface area contributed by atoms with Crippen molar-refractivity contribution in [1.29, 1.82) is 0 Å². The zero-order valence-corrected chi connectivity index (χ0v) is 13.7. The molecule has 3 aromatic carbocycles. The molecule has 1 N–H and O–H groups in total. The molecule has 0 spiro atoms. The van der Waals surface area contributed by atoms with E-state index in [-0.39, 0.29) is 6.79 Å². The molecule has 0 atom stereocenters. The van der Waals surface area contributed by atoms with Gasteiger partial charge in [0.15, 0.2) is 11.5 Å². The van der Waals surface area contributed by atoms with Crippen LogP contribution in [0, 0.1) is 6.92 Å². The molecule has 1 aliphatic heterocycles.